The lowest BCUT2D eigenvalue weighted by Gasteiger charge is -2.14. The molecule has 0 spiro atoms. The van der Waals surface area contributed by atoms with E-state index in [1.807, 2.05) is 49.4 Å². The van der Waals surface area contributed by atoms with Crippen LogP contribution in [0, 0.1) is 13.8 Å². The summed E-state index contributed by atoms with van der Waals surface area (Å²) in [6.45, 7) is 6.18. The molecule has 0 saturated heterocycles. The molecule has 0 fully saturated rings. The average Bonchev–Trinajstić information content (AvgIpc) is 2.49. The number of amides is 1. The van der Waals surface area contributed by atoms with Crippen molar-refractivity contribution in [3.63, 3.8) is 0 Å². The van der Waals surface area contributed by atoms with Gasteiger partial charge in [0.05, 0.1) is 0 Å². The van der Waals surface area contributed by atoms with Gasteiger partial charge in [-0.1, -0.05) is 42.8 Å². The first-order valence-corrected chi connectivity index (χ1v) is 7.23. The van der Waals surface area contributed by atoms with Gasteiger partial charge in [-0.3, -0.25) is 4.79 Å². The molecule has 0 saturated carbocycles. The minimum atomic E-state index is -0.656. The normalized spacial score (nSPS) is 12.0. The second-order valence-corrected chi connectivity index (χ2v) is 5.37. The lowest BCUT2D eigenvalue weighted by atomic mass is 10.0. The van der Waals surface area contributed by atoms with Crippen molar-refractivity contribution in [1.29, 1.82) is 0 Å². The van der Waals surface area contributed by atoms with Gasteiger partial charge in [-0.05, 0) is 49.1 Å². The van der Waals surface area contributed by atoms with Crippen LogP contribution in [-0.4, -0.2) is 5.91 Å². The van der Waals surface area contributed by atoms with Gasteiger partial charge in [0, 0.05) is 5.69 Å². The highest BCUT2D eigenvalue weighted by atomic mass is 16.2. The number of aryl methyl sites for hydroxylation is 3. The van der Waals surface area contributed by atoms with Crippen LogP contribution in [0.3, 0.4) is 0 Å². The third-order valence-corrected chi connectivity index (χ3v) is 3.72. The van der Waals surface area contributed by atoms with Crippen LogP contribution in [0.1, 0.15) is 35.2 Å². The molecule has 0 aliphatic rings. The maximum atomic E-state index is 12.2. The van der Waals surface area contributed by atoms with Gasteiger partial charge in [-0.2, -0.15) is 0 Å². The molecule has 3 N–H and O–H groups in total. The standard InChI is InChI=1S/C18H22N2O/c1-4-14-11-16(10-7-13(14)3)20-18(21)17(19)15-8-5-12(2)6-9-15/h5-11,17H,4,19H2,1-3H3,(H,20,21). The second kappa shape index (κ2) is 6.55. The highest BCUT2D eigenvalue weighted by molar-refractivity contribution is 5.95. The predicted molar refractivity (Wildman–Crippen MR) is 87.3 cm³/mol. The molecule has 1 atom stereocenters. The van der Waals surface area contributed by atoms with Crippen molar-refractivity contribution in [2.75, 3.05) is 5.32 Å². The fourth-order valence-electron chi connectivity index (χ4n) is 2.28. The molecule has 2 aromatic carbocycles. The molecule has 0 bridgehead atoms. The lowest BCUT2D eigenvalue weighted by molar-refractivity contribution is -0.117. The van der Waals surface area contributed by atoms with E-state index in [1.165, 1.54) is 11.1 Å². The van der Waals surface area contributed by atoms with Crippen molar-refractivity contribution in [2.45, 2.75) is 33.2 Å². The molecule has 0 radical (unpaired) electrons. The summed E-state index contributed by atoms with van der Waals surface area (Å²) < 4.78 is 0. The van der Waals surface area contributed by atoms with E-state index in [4.69, 9.17) is 5.73 Å². The number of anilines is 1. The van der Waals surface area contributed by atoms with Gasteiger partial charge in [0.1, 0.15) is 6.04 Å². The molecule has 0 aliphatic carbocycles. The topological polar surface area (TPSA) is 55.1 Å². The van der Waals surface area contributed by atoms with Gasteiger partial charge in [-0.15, -0.1) is 0 Å². The van der Waals surface area contributed by atoms with Gasteiger partial charge in [0.15, 0.2) is 0 Å². The summed E-state index contributed by atoms with van der Waals surface area (Å²) in [5, 5.41) is 2.89. The molecule has 3 heteroatoms. The van der Waals surface area contributed by atoms with E-state index in [-0.39, 0.29) is 5.91 Å². The molecular formula is C18H22N2O. The highest BCUT2D eigenvalue weighted by Crippen LogP contribution is 2.18. The smallest absolute Gasteiger partial charge is 0.245 e. The zero-order valence-corrected chi connectivity index (χ0v) is 12.8. The molecule has 2 aromatic rings. The molecule has 2 rings (SSSR count). The quantitative estimate of drug-likeness (QED) is 0.901. The van der Waals surface area contributed by atoms with E-state index in [2.05, 4.69) is 19.2 Å². The molecule has 1 amide bonds. The predicted octanol–water partition coefficient (Wildman–Crippen LogP) is 3.50. The van der Waals surface area contributed by atoms with Crippen molar-refractivity contribution in [2.24, 2.45) is 5.73 Å². The Morgan fingerprint density at radius 3 is 2.43 bits per heavy atom. The lowest BCUT2D eigenvalue weighted by Crippen LogP contribution is -2.27. The second-order valence-electron chi connectivity index (χ2n) is 5.37. The van der Waals surface area contributed by atoms with E-state index in [0.29, 0.717) is 0 Å². The van der Waals surface area contributed by atoms with Gasteiger partial charge >= 0.3 is 0 Å². The van der Waals surface area contributed by atoms with Crippen LogP contribution in [0.5, 0.6) is 0 Å². The van der Waals surface area contributed by atoms with Crippen molar-refractivity contribution >= 4 is 11.6 Å². The number of carbonyl (C=O) groups excluding carboxylic acids is 1. The molecule has 0 aromatic heterocycles. The number of benzene rings is 2. The Morgan fingerprint density at radius 2 is 1.81 bits per heavy atom. The minimum Gasteiger partial charge on any atom is -0.324 e. The first kappa shape index (κ1) is 15.3. The first-order valence-electron chi connectivity index (χ1n) is 7.23. The Bertz CT molecular complexity index is 632. The van der Waals surface area contributed by atoms with Gasteiger partial charge in [-0.25, -0.2) is 0 Å². The van der Waals surface area contributed by atoms with Crippen molar-refractivity contribution in [1.82, 2.24) is 0 Å². The van der Waals surface area contributed by atoms with Crippen molar-refractivity contribution in [3.05, 3.63) is 64.7 Å². The SMILES string of the molecule is CCc1cc(NC(=O)C(N)c2ccc(C)cc2)ccc1C. The molecule has 0 heterocycles. The summed E-state index contributed by atoms with van der Waals surface area (Å²) in [6.07, 6.45) is 0.944. The Hall–Kier alpha value is -2.13. The summed E-state index contributed by atoms with van der Waals surface area (Å²) in [7, 11) is 0. The monoisotopic (exact) mass is 282 g/mol. The molecule has 21 heavy (non-hydrogen) atoms. The summed E-state index contributed by atoms with van der Waals surface area (Å²) in [4.78, 5) is 12.2. The van der Waals surface area contributed by atoms with Crippen LogP contribution >= 0.6 is 0 Å². The maximum absolute atomic E-state index is 12.2. The fourth-order valence-corrected chi connectivity index (χ4v) is 2.28. The summed E-state index contributed by atoms with van der Waals surface area (Å²) >= 11 is 0. The van der Waals surface area contributed by atoms with Gasteiger partial charge < -0.3 is 11.1 Å². The zero-order chi connectivity index (χ0) is 15.4. The maximum Gasteiger partial charge on any atom is 0.245 e. The third-order valence-electron chi connectivity index (χ3n) is 3.72. The van der Waals surface area contributed by atoms with Crippen LogP contribution in [0.2, 0.25) is 0 Å². The van der Waals surface area contributed by atoms with E-state index >= 15 is 0 Å². The van der Waals surface area contributed by atoms with E-state index in [0.717, 1.165) is 23.2 Å². The first-order chi connectivity index (χ1) is 10.0. The van der Waals surface area contributed by atoms with Gasteiger partial charge in [0.2, 0.25) is 5.91 Å². The van der Waals surface area contributed by atoms with E-state index in [9.17, 15) is 4.79 Å². The number of rotatable bonds is 4. The highest BCUT2D eigenvalue weighted by Gasteiger charge is 2.15. The van der Waals surface area contributed by atoms with Crippen LogP contribution in [0.15, 0.2) is 42.5 Å². The molecule has 3 nitrogen and oxygen atoms in total. The summed E-state index contributed by atoms with van der Waals surface area (Å²) in [5.74, 6) is -0.190. The van der Waals surface area contributed by atoms with E-state index in [1.54, 1.807) is 0 Å². The third kappa shape index (κ3) is 3.70. The zero-order valence-electron chi connectivity index (χ0n) is 12.8. The minimum absolute atomic E-state index is 0.190. The van der Waals surface area contributed by atoms with Crippen LogP contribution in [0.25, 0.3) is 0 Å². The van der Waals surface area contributed by atoms with Crippen LogP contribution < -0.4 is 11.1 Å². The van der Waals surface area contributed by atoms with Crippen molar-refractivity contribution < 1.29 is 4.79 Å². The number of hydrogen-bond acceptors (Lipinski definition) is 2. The van der Waals surface area contributed by atoms with Crippen LogP contribution in [-0.2, 0) is 11.2 Å². The summed E-state index contributed by atoms with van der Waals surface area (Å²) in [5.41, 5.74) is 11.3. The average molecular weight is 282 g/mol. The number of nitrogens with one attached hydrogen (secondary N) is 1. The molecule has 1 unspecified atom stereocenters. The largest absolute Gasteiger partial charge is 0.324 e. The Kier molecular flexibility index (Phi) is 4.76. The van der Waals surface area contributed by atoms with Gasteiger partial charge in [0.25, 0.3) is 0 Å². The number of hydrogen-bond donors (Lipinski definition) is 2. The molecular weight excluding hydrogens is 260 g/mol. The Balaban J connectivity index is 2.12. The number of carbonyl (C=O) groups is 1. The van der Waals surface area contributed by atoms with Crippen LogP contribution in [0.4, 0.5) is 5.69 Å². The Labute approximate surface area is 126 Å². The molecule has 110 valence electrons. The molecule has 0 aliphatic heterocycles. The summed E-state index contributed by atoms with van der Waals surface area (Å²) in [6, 6.07) is 13.0. The fraction of sp³-hybridized carbons (Fsp3) is 0.278. The van der Waals surface area contributed by atoms with E-state index < -0.39 is 6.04 Å². The Morgan fingerprint density at radius 1 is 1.14 bits per heavy atom. The number of nitrogens with two attached hydrogens (primary N) is 1. The van der Waals surface area contributed by atoms with Crippen molar-refractivity contribution in [3.8, 4) is 0 Å².